The number of hydrogen-bond donors (Lipinski definition) is 1. The highest BCUT2D eigenvalue weighted by molar-refractivity contribution is 7.15. The molecule has 0 unspecified atom stereocenters. The van der Waals surface area contributed by atoms with E-state index in [9.17, 15) is 19.7 Å². The number of nitrogens with zero attached hydrogens (tertiary/aromatic N) is 3. The molecular weight excluding hydrogens is 432 g/mol. The summed E-state index contributed by atoms with van der Waals surface area (Å²) < 4.78 is 6.99. The van der Waals surface area contributed by atoms with Gasteiger partial charge in [0, 0.05) is 35.5 Å². The van der Waals surface area contributed by atoms with Crippen molar-refractivity contribution in [3.63, 3.8) is 0 Å². The fraction of sp³-hybridized carbons (Fsp3) is 0.136. The summed E-state index contributed by atoms with van der Waals surface area (Å²) in [5.74, 6) is -0.954. The molecule has 1 amide bonds. The van der Waals surface area contributed by atoms with Gasteiger partial charge in [0.05, 0.1) is 23.6 Å². The number of hydrogen-bond acceptors (Lipinski definition) is 7. The molecule has 0 aliphatic carbocycles. The number of ether oxygens (including phenoxy) is 1. The number of pyridine rings is 1. The van der Waals surface area contributed by atoms with Gasteiger partial charge in [-0.2, -0.15) is 0 Å². The lowest BCUT2D eigenvalue weighted by molar-refractivity contribution is -0.384. The van der Waals surface area contributed by atoms with E-state index in [2.05, 4.69) is 10.3 Å². The van der Waals surface area contributed by atoms with Gasteiger partial charge in [-0.05, 0) is 24.6 Å². The van der Waals surface area contributed by atoms with Crippen molar-refractivity contribution in [1.29, 1.82) is 0 Å². The first kappa shape index (κ1) is 21.2. The van der Waals surface area contributed by atoms with Crippen molar-refractivity contribution in [2.75, 3.05) is 11.9 Å². The zero-order chi connectivity index (χ0) is 22.7. The second-order valence-corrected chi connectivity index (χ2v) is 7.68. The number of nitro benzene ring substituents is 1. The summed E-state index contributed by atoms with van der Waals surface area (Å²) in [4.78, 5) is 40.4. The minimum absolute atomic E-state index is 0.0218. The average molecular weight is 450 g/mol. The van der Waals surface area contributed by atoms with Crippen LogP contribution in [0.5, 0.6) is 0 Å². The van der Waals surface area contributed by atoms with E-state index >= 15 is 0 Å². The van der Waals surface area contributed by atoms with Crippen LogP contribution >= 0.6 is 11.3 Å². The number of rotatable bonds is 7. The molecule has 10 heteroatoms. The third kappa shape index (κ3) is 4.35. The number of anilines is 1. The molecule has 0 aliphatic rings. The van der Waals surface area contributed by atoms with Crippen LogP contribution in [0.1, 0.15) is 23.0 Å². The van der Waals surface area contributed by atoms with Gasteiger partial charge in [0.2, 0.25) is 5.91 Å². The third-order valence-corrected chi connectivity index (χ3v) is 5.54. The van der Waals surface area contributed by atoms with Crippen LogP contribution in [-0.4, -0.2) is 32.8 Å². The Labute approximate surface area is 186 Å². The Morgan fingerprint density at radius 1 is 1.25 bits per heavy atom. The summed E-state index contributed by atoms with van der Waals surface area (Å²) in [6, 6.07) is 11.5. The Balaban J connectivity index is 1.63. The molecule has 4 rings (SSSR count). The number of amides is 1. The van der Waals surface area contributed by atoms with Gasteiger partial charge in [0.1, 0.15) is 16.2 Å². The summed E-state index contributed by atoms with van der Waals surface area (Å²) >= 11 is 1.16. The minimum Gasteiger partial charge on any atom is -0.462 e. The molecule has 162 valence electrons. The van der Waals surface area contributed by atoms with Crippen LogP contribution in [0.4, 0.5) is 10.7 Å². The molecule has 0 saturated carbocycles. The van der Waals surface area contributed by atoms with E-state index in [-0.39, 0.29) is 30.2 Å². The molecule has 9 nitrogen and oxygen atoms in total. The van der Waals surface area contributed by atoms with Crippen LogP contribution in [0.3, 0.4) is 0 Å². The molecular formula is C22H18N4O5S. The van der Waals surface area contributed by atoms with E-state index in [1.54, 1.807) is 30.6 Å². The second kappa shape index (κ2) is 8.98. The zero-order valence-corrected chi connectivity index (χ0v) is 17.8. The fourth-order valence-electron chi connectivity index (χ4n) is 3.26. The van der Waals surface area contributed by atoms with Crippen molar-refractivity contribution >= 4 is 39.5 Å². The van der Waals surface area contributed by atoms with Crippen molar-refractivity contribution in [1.82, 2.24) is 9.38 Å². The number of aromatic nitrogens is 2. The maximum atomic E-state index is 12.7. The zero-order valence-electron chi connectivity index (χ0n) is 17.0. The molecule has 1 N–H and O–H groups in total. The number of esters is 1. The lowest BCUT2D eigenvalue weighted by Crippen LogP contribution is -2.16. The van der Waals surface area contributed by atoms with Crippen molar-refractivity contribution in [3.05, 3.63) is 81.6 Å². The van der Waals surface area contributed by atoms with Crippen molar-refractivity contribution in [2.45, 2.75) is 13.3 Å². The number of carbonyl (C=O) groups is 2. The number of fused-ring (bicyclic) bond motifs is 1. The topological polar surface area (TPSA) is 116 Å². The van der Waals surface area contributed by atoms with Crippen molar-refractivity contribution < 1.29 is 19.2 Å². The molecule has 1 aromatic carbocycles. The van der Waals surface area contributed by atoms with Gasteiger partial charge in [-0.1, -0.05) is 18.2 Å². The Kier molecular flexibility index (Phi) is 5.95. The number of nitro groups is 1. The smallest absolute Gasteiger partial charge is 0.341 e. The summed E-state index contributed by atoms with van der Waals surface area (Å²) in [6.45, 7) is 1.83. The number of carbonyl (C=O) groups excluding carboxylic acids is 2. The van der Waals surface area contributed by atoms with E-state index in [1.807, 2.05) is 28.8 Å². The van der Waals surface area contributed by atoms with E-state index in [1.165, 1.54) is 12.1 Å². The molecule has 0 saturated heterocycles. The number of benzene rings is 1. The lowest BCUT2D eigenvalue weighted by Gasteiger charge is -2.08. The van der Waals surface area contributed by atoms with Crippen LogP contribution in [0.25, 0.3) is 16.8 Å². The quantitative estimate of drug-likeness (QED) is 0.255. The Morgan fingerprint density at radius 2 is 2.09 bits per heavy atom. The summed E-state index contributed by atoms with van der Waals surface area (Å²) in [7, 11) is 0. The fourth-order valence-corrected chi connectivity index (χ4v) is 4.24. The van der Waals surface area contributed by atoms with Crippen molar-refractivity contribution in [2.24, 2.45) is 0 Å². The highest BCUT2D eigenvalue weighted by Crippen LogP contribution is 2.37. The van der Waals surface area contributed by atoms with Gasteiger partial charge in [0.15, 0.2) is 0 Å². The van der Waals surface area contributed by atoms with Gasteiger partial charge >= 0.3 is 5.97 Å². The predicted octanol–water partition coefficient (Wildman–Crippen LogP) is 4.33. The Hall–Kier alpha value is -4.05. The van der Waals surface area contributed by atoms with Crippen LogP contribution < -0.4 is 5.32 Å². The normalized spacial score (nSPS) is 10.8. The van der Waals surface area contributed by atoms with Crippen LogP contribution in [0.2, 0.25) is 0 Å². The van der Waals surface area contributed by atoms with E-state index in [4.69, 9.17) is 4.74 Å². The van der Waals surface area contributed by atoms with E-state index < -0.39 is 10.9 Å². The maximum Gasteiger partial charge on any atom is 0.341 e. The second-order valence-electron chi connectivity index (χ2n) is 6.80. The third-order valence-electron chi connectivity index (χ3n) is 4.65. The average Bonchev–Trinajstić information content (AvgIpc) is 3.37. The Bertz CT molecular complexity index is 1290. The highest BCUT2D eigenvalue weighted by atomic mass is 32.1. The standard InChI is InChI=1S/C22H18N4O5S/c1-2-31-22(28)20-17(14-6-5-7-16(10-14)26(29)30)13-32-21(20)24-19(27)11-15-12-25-9-4-3-8-18(25)23-15/h3-10,12-13H,2,11H2,1H3,(H,24,27). The van der Waals surface area contributed by atoms with Gasteiger partial charge in [-0.25, -0.2) is 9.78 Å². The number of thiophene rings is 1. The largest absolute Gasteiger partial charge is 0.462 e. The Morgan fingerprint density at radius 3 is 2.84 bits per heavy atom. The maximum absolute atomic E-state index is 12.7. The van der Waals surface area contributed by atoms with E-state index in [0.29, 0.717) is 21.8 Å². The molecule has 0 spiro atoms. The molecule has 0 bridgehead atoms. The van der Waals surface area contributed by atoms with Gasteiger partial charge in [0.25, 0.3) is 5.69 Å². The molecule has 0 atom stereocenters. The SMILES string of the molecule is CCOC(=O)c1c(-c2cccc([N+](=O)[O-])c2)csc1NC(=O)Cc1cn2ccccc2n1. The number of nitrogens with one attached hydrogen (secondary N) is 1. The number of imidazole rings is 1. The van der Waals surface area contributed by atoms with Crippen molar-refractivity contribution in [3.8, 4) is 11.1 Å². The summed E-state index contributed by atoms with van der Waals surface area (Å²) in [5, 5.41) is 15.9. The predicted molar refractivity (Wildman–Crippen MR) is 120 cm³/mol. The molecule has 32 heavy (non-hydrogen) atoms. The minimum atomic E-state index is -0.613. The molecule has 0 fully saturated rings. The molecule has 3 aromatic heterocycles. The van der Waals surface area contributed by atoms with Gasteiger partial charge in [-0.3, -0.25) is 14.9 Å². The lowest BCUT2D eigenvalue weighted by atomic mass is 10.0. The highest BCUT2D eigenvalue weighted by Gasteiger charge is 2.24. The monoisotopic (exact) mass is 450 g/mol. The number of non-ortho nitro benzene ring substituents is 1. The van der Waals surface area contributed by atoms with E-state index in [0.717, 1.165) is 17.0 Å². The molecule has 4 aromatic rings. The first-order chi connectivity index (χ1) is 15.5. The summed E-state index contributed by atoms with van der Waals surface area (Å²) in [6.07, 6.45) is 3.63. The molecule has 0 radical (unpaired) electrons. The summed E-state index contributed by atoms with van der Waals surface area (Å²) in [5.41, 5.74) is 2.33. The first-order valence-corrected chi connectivity index (χ1v) is 10.6. The van der Waals surface area contributed by atoms with Gasteiger partial charge in [-0.15, -0.1) is 11.3 Å². The van der Waals surface area contributed by atoms with Gasteiger partial charge < -0.3 is 14.5 Å². The molecule has 0 aliphatic heterocycles. The van der Waals surface area contributed by atoms with Crippen LogP contribution in [0.15, 0.2) is 60.2 Å². The molecule has 3 heterocycles. The van der Waals surface area contributed by atoms with Crippen LogP contribution in [-0.2, 0) is 16.0 Å². The first-order valence-electron chi connectivity index (χ1n) is 9.72. The van der Waals surface area contributed by atoms with Crippen LogP contribution in [0, 0.1) is 10.1 Å².